The summed E-state index contributed by atoms with van der Waals surface area (Å²) in [6, 6.07) is 0.892. The van der Waals surface area contributed by atoms with Crippen molar-refractivity contribution < 1.29 is 9.59 Å². The molecule has 1 atom stereocenters. The predicted molar refractivity (Wildman–Crippen MR) is 75.6 cm³/mol. The number of carbonyl (C=O) groups is 2. The second-order valence-electron chi connectivity index (χ2n) is 5.78. The molecule has 2 fully saturated rings. The molecule has 20 heavy (non-hydrogen) atoms. The molecule has 0 aliphatic carbocycles. The minimum Gasteiger partial charge on any atom is -0.328 e. The highest BCUT2D eigenvalue weighted by Gasteiger charge is 2.30. The molecule has 0 radical (unpaired) electrons. The van der Waals surface area contributed by atoms with E-state index in [1.54, 1.807) is 0 Å². The molecule has 0 aromatic heterocycles. The van der Waals surface area contributed by atoms with Crippen molar-refractivity contribution in [3.8, 4) is 0 Å². The van der Waals surface area contributed by atoms with Gasteiger partial charge in [-0.05, 0) is 32.4 Å². The maximum Gasteiger partial charge on any atom is 0.252 e. The largest absolute Gasteiger partial charge is 0.328 e. The van der Waals surface area contributed by atoms with Crippen molar-refractivity contribution in [1.82, 2.24) is 20.7 Å². The van der Waals surface area contributed by atoms with Crippen LogP contribution in [0, 0.1) is 0 Å². The van der Waals surface area contributed by atoms with E-state index >= 15 is 0 Å². The fourth-order valence-corrected chi connectivity index (χ4v) is 2.94. The number of hydrogen-bond acceptors (Lipinski definition) is 5. The average Bonchev–Trinajstić information content (AvgIpc) is 2.85. The van der Waals surface area contributed by atoms with Gasteiger partial charge in [0.1, 0.15) is 0 Å². The number of rotatable bonds is 3. The third kappa shape index (κ3) is 4.43. The molecule has 2 aliphatic heterocycles. The number of hydrogen-bond donors (Lipinski definition) is 3. The van der Waals surface area contributed by atoms with E-state index in [2.05, 4.69) is 20.7 Å². The van der Waals surface area contributed by atoms with Crippen LogP contribution >= 0.6 is 0 Å². The first kappa shape index (κ1) is 15.2. The third-order valence-electron chi connectivity index (χ3n) is 4.08. The molecular weight excluding hydrogens is 258 g/mol. The minimum absolute atomic E-state index is 0.165. The molecule has 0 aromatic carbocycles. The van der Waals surface area contributed by atoms with Crippen LogP contribution in [0.1, 0.15) is 26.2 Å². The fraction of sp³-hybridized carbons (Fsp3) is 0.846. The van der Waals surface area contributed by atoms with Crippen LogP contribution in [0.25, 0.3) is 0 Å². The molecule has 2 saturated heterocycles. The first-order valence-electron chi connectivity index (χ1n) is 7.32. The second kappa shape index (κ2) is 7.01. The van der Waals surface area contributed by atoms with Gasteiger partial charge in [-0.3, -0.25) is 30.2 Å². The van der Waals surface area contributed by atoms with E-state index in [9.17, 15) is 9.59 Å². The van der Waals surface area contributed by atoms with Gasteiger partial charge in [0.2, 0.25) is 5.91 Å². The Labute approximate surface area is 119 Å². The molecule has 2 amide bonds. The molecule has 2 heterocycles. The van der Waals surface area contributed by atoms with Crippen LogP contribution in [0.4, 0.5) is 0 Å². The normalized spacial score (nSPS) is 25.6. The van der Waals surface area contributed by atoms with Crippen LogP contribution in [0.15, 0.2) is 0 Å². The van der Waals surface area contributed by atoms with Crippen molar-refractivity contribution in [3.63, 3.8) is 0 Å². The van der Waals surface area contributed by atoms with E-state index in [0.29, 0.717) is 18.6 Å². The molecule has 7 nitrogen and oxygen atoms in total. The highest BCUT2D eigenvalue weighted by Crippen LogP contribution is 2.19. The van der Waals surface area contributed by atoms with Crippen molar-refractivity contribution in [1.29, 1.82) is 0 Å². The average molecular weight is 283 g/mol. The number of carbonyl (C=O) groups excluding carboxylic acids is 2. The van der Waals surface area contributed by atoms with Crippen LogP contribution < -0.4 is 16.6 Å². The number of amides is 2. The lowest BCUT2D eigenvalue weighted by molar-refractivity contribution is -0.128. The van der Waals surface area contributed by atoms with E-state index in [1.807, 2.05) is 0 Å². The Bertz CT molecular complexity index is 355. The van der Waals surface area contributed by atoms with Crippen LogP contribution in [0.2, 0.25) is 0 Å². The maximum atomic E-state index is 11.6. The van der Waals surface area contributed by atoms with E-state index in [0.717, 1.165) is 45.4 Å². The summed E-state index contributed by atoms with van der Waals surface area (Å²) in [5.74, 6) is -0.427. The van der Waals surface area contributed by atoms with Gasteiger partial charge >= 0.3 is 0 Å². The van der Waals surface area contributed by atoms with E-state index in [4.69, 9.17) is 5.73 Å². The molecule has 0 bridgehead atoms. The fourth-order valence-electron chi connectivity index (χ4n) is 2.94. The van der Waals surface area contributed by atoms with Gasteiger partial charge in [0.25, 0.3) is 5.91 Å². The van der Waals surface area contributed by atoms with Crippen LogP contribution in [-0.4, -0.2) is 66.4 Å². The van der Waals surface area contributed by atoms with Gasteiger partial charge < -0.3 is 5.73 Å². The number of piperidine rings is 1. The molecule has 0 spiro atoms. The molecule has 2 aliphatic rings. The molecule has 114 valence electrons. The lowest BCUT2D eigenvalue weighted by atomic mass is 10.0. The lowest BCUT2D eigenvalue weighted by Gasteiger charge is -2.34. The highest BCUT2D eigenvalue weighted by atomic mass is 16.2. The maximum absolute atomic E-state index is 11.6. The van der Waals surface area contributed by atoms with E-state index in [-0.39, 0.29) is 11.8 Å². The van der Waals surface area contributed by atoms with Crippen molar-refractivity contribution >= 4 is 11.8 Å². The minimum atomic E-state index is -0.262. The Kier molecular flexibility index (Phi) is 5.33. The SMILES string of the molecule is CC(=O)NNC(=O)CN1CCC(N2CCC(N)CC2)C1. The Hall–Kier alpha value is -1.18. The van der Waals surface area contributed by atoms with Crippen LogP contribution in [0.5, 0.6) is 0 Å². The van der Waals surface area contributed by atoms with Gasteiger partial charge in [-0.25, -0.2) is 0 Å². The standard InChI is InChI=1S/C13H25N5O2/c1-10(19)15-16-13(20)9-17-5-4-12(8-17)18-6-2-11(14)3-7-18/h11-12H,2-9,14H2,1H3,(H,15,19)(H,16,20). The lowest BCUT2D eigenvalue weighted by Crippen LogP contribution is -2.47. The molecule has 2 rings (SSSR count). The Balaban J connectivity index is 1.69. The Morgan fingerprint density at radius 2 is 1.85 bits per heavy atom. The van der Waals surface area contributed by atoms with Gasteiger partial charge in [-0.15, -0.1) is 0 Å². The summed E-state index contributed by atoms with van der Waals surface area (Å²) >= 11 is 0. The van der Waals surface area contributed by atoms with Gasteiger partial charge in [-0.1, -0.05) is 0 Å². The van der Waals surface area contributed by atoms with Crippen molar-refractivity contribution in [3.05, 3.63) is 0 Å². The summed E-state index contributed by atoms with van der Waals surface area (Å²) in [7, 11) is 0. The zero-order chi connectivity index (χ0) is 14.5. The van der Waals surface area contributed by atoms with Crippen molar-refractivity contribution in [2.45, 2.75) is 38.3 Å². The summed E-state index contributed by atoms with van der Waals surface area (Å²) in [5.41, 5.74) is 10.6. The monoisotopic (exact) mass is 283 g/mol. The summed E-state index contributed by atoms with van der Waals surface area (Å²) < 4.78 is 0. The Morgan fingerprint density at radius 3 is 2.50 bits per heavy atom. The van der Waals surface area contributed by atoms with Crippen molar-refractivity contribution in [2.24, 2.45) is 5.73 Å². The van der Waals surface area contributed by atoms with Crippen LogP contribution in [-0.2, 0) is 9.59 Å². The number of nitrogens with two attached hydrogens (primary N) is 1. The zero-order valence-electron chi connectivity index (χ0n) is 12.1. The smallest absolute Gasteiger partial charge is 0.252 e. The summed E-state index contributed by atoms with van der Waals surface area (Å²) in [6.45, 7) is 5.69. The molecule has 1 unspecified atom stereocenters. The van der Waals surface area contributed by atoms with Crippen LogP contribution in [0.3, 0.4) is 0 Å². The molecule has 4 N–H and O–H groups in total. The second-order valence-corrected chi connectivity index (χ2v) is 5.78. The molecule has 0 saturated carbocycles. The van der Waals surface area contributed by atoms with Crippen molar-refractivity contribution in [2.75, 3.05) is 32.7 Å². The first-order valence-corrected chi connectivity index (χ1v) is 7.32. The van der Waals surface area contributed by atoms with Gasteiger partial charge in [0, 0.05) is 32.1 Å². The molecule has 7 heteroatoms. The summed E-state index contributed by atoms with van der Waals surface area (Å²) in [6.07, 6.45) is 3.24. The van der Waals surface area contributed by atoms with E-state index in [1.165, 1.54) is 6.92 Å². The van der Waals surface area contributed by atoms with Gasteiger partial charge in [0.15, 0.2) is 0 Å². The number of nitrogens with zero attached hydrogens (tertiary/aromatic N) is 2. The van der Waals surface area contributed by atoms with E-state index < -0.39 is 0 Å². The summed E-state index contributed by atoms with van der Waals surface area (Å²) in [4.78, 5) is 27.0. The Morgan fingerprint density at radius 1 is 1.15 bits per heavy atom. The molecular formula is C13H25N5O2. The summed E-state index contributed by atoms with van der Waals surface area (Å²) in [5, 5.41) is 0. The highest BCUT2D eigenvalue weighted by molar-refractivity contribution is 5.81. The zero-order valence-corrected chi connectivity index (χ0v) is 12.1. The third-order valence-corrected chi connectivity index (χ3v) is 4.08. The molecule has 0 aromatic rings. The topological polar surface area (TPSA) is 90.7 Å². The number of nitrogens with one attached hydrogen (secondary N) is 2. The quantitative estimate of drug-likeness (QED) is 0.557. The predicted octanol–water partition coefficient (Wildman–Crippen LogP) is -1.35. The van der Waals surface area contributed by atoms with Gasteiger partial charge in [-0.2, -0.15) is 0 Å². The number of likely N-dealkylation sites (tertiary alicyclic amines) is 2. The first-order chi connectivity index (χ1) is 9.54. The van der Waals surface area contributed by atoms with Gasteiger partial charge in [0.05, 0.1) is 6.54 Å². The number of hydrazine groups is 1.